The van der Waals surface area contributed by atoms with Gasteiger partial charge >= 0.3 is 12.2 Å². The van der Waals surface area contributed by atoms with Crippen LogP contribution in [-0.2, 0) is 45.1 Å². The van der Waals surface area contributed by atoms with E-state index in [1.165, 1.54) is 51.4 Å². The van der Waals surface area contributed by atoms with Gasteiger partial charge in [0.25, 0.3) is 0 Å². The maximum absolute atomic E-state index is 13.0. The zero-order chi connectivity index (χ0) is 38.2. The molecule has 0 atom stereocenters. The Labute approximate surface area is 311 Å². The third kappa shape index (κ3) is 13.7. The molecule has 4 aromatic rings. The first-order valence-corrected chi connectivity index (χ1v) is 16.9. The fraction of sp³-hybridized carbons (Fsp3) is 0.200. The quantitative estimate of drug-likeness (QED) is 0.151. The Kier molecular flexibility index (Phi) is 15.3. The van der Waals surface area contributed by atoms with Crippen molar-refractivity contribution in [1.82, 2.24) is 20.5 Å². The van der Waals surface area contributed by atoms with Crippen molar-refractivity contribution in [2.45, 2.75) is 26.1 Å². The predicted molar refractivity (Wildman–Crippen MR) is 196 cm³/mol. The third-order valence-corrected chi connectivity index (χ3v) is 7.73. The number of rotatable bonds is 8. The second-order valence-corrected chi connectivity index (χ2v) is 12.4. The van der Waals surface area contributed by atoms with E-state index in [1.54, 1.807) is 12.1 Å². The van der Waals surface area contributed by atoms with Gasteiger partial charge in [-0.15, -0.1) is 0 Å². The second kappa shape index (κ2) is 20.3. The van der Waals surface area contributed by atoms with E-state index in [0.29, 0.717) is 25.3 Å². The minimum absolute atomic E-state index is 0.0655. The Hall–Kier alpha value is -5.85. The number of hydrogen-bond acceptors (Lipinski definition) is 7. The molecule has 2 fully saturated rings. The van der Waals surface area contributed by atoms with Gasteiger partial charge in [-0.2, -0.15) is 0 Å². The molecule has 2 aliphatic rings. The molecule has 3 amide bonds. The summed E-state index contributed by atoms with van der Waals surface area (Å²) in [5, 5.41) is 3.60. The zero-order valence-electron chi connectivity index (χ0n) is 28.9. The van der Waals surface area contributed by atoms with Gasteiger partial charge in [-0.05, 0) is 69.3 Å². The molecule has 0 aliphatic carbocycles. The number of carbonyl (C=O) groups excluding carboxylic acids is 4. The smallest absolute Gasteiger partial charge is 0.429 e. The van der Waals surface area contributed by atoms with E-state index < -0.39 is 11.3 Å². The number of nitrogens with one attached hydrogen (secondary N) is 1. The lowest BCUT2D eigenvalue weighted by atomic mass is 10.1. The largest absolute Gasteiger partial charge is 0.444 e. The highest BCUT2D eigenvalue weighted by atomic mass is 35.5. The van der Waals surface area contributed by atoms with Crippen LogP contribution < -0.4 is 5.43 Å². The van der Waals surface area contributed by atoms with Gasteiger partial charge in [0, 0.05) is 13.0 Å². The number of halogens is 3. The highest BCUT2D eigenvalue weighted by Crippen LogP contribution is 2.19. The fourth-order valence-electron chi connectivity index (χ4n) is 4.92. The summed E-state index contributed by atoms with van der Waals surface area (Å²) in [5.41, 5.74) is 7.87. The van der Waals surface area contributed by atoms with Gasteiger partial charge in [0.15, 0.2) is 0 Å². The van der Waals surface area contributed by atoms with E-state index in [2.05, 4.69) is 18.6 Å². The van der Waals surface area contributed by atoms with Crippen molar-refractivity contribution in [2.75, 3.05) is 26.2 Å². The Bertz CT molecular complexity index is 1860. The summed E-state index contributed by atoms with van der Waals surface area (Å²) < 4.78 is 35.8. The monoisotopic (exact) mass is 744 g/mol. The van der Waals surface area contributed by atoms with Crippen molar-refractivity contribution >= 4 is 34.9 Å². The predicted octanol–water partition coefficient (Wildman–Crippen LogP) is 7.15. The molecule has 53 heavy (non-hydrogen) atoms. The highest BCUT2D eigenvalue weighted by Gasteiger charge is 2.33. The molecular formula is C40H39ClF2N4O6. The van der Waals surface area contributed by atoms with Crippen LogP contribution in [0.5, 0.6) is 0 Å². The summed E-state index contributed by atoms with van der Waals surface area (Å²) in [5.74, 6) is -0.940. The van der Waals surface area contributed by atoms with Gasteiger partial charge in [0.05, 0.1) is 26.1 Å². The number of amides is 3. The summed E-state index contributed by atoms with van der Waals surface area (Å²) in [6.45, 7) is 9.74. The molecular weight excluding hydrogens is 706 g/mol. The topological polar surface area (TPSA) is 108 Å². The Morgan fingerprint density at radius 3 is 1.55 bits per heavy atom. The first-order chi connectivity index (χ1) is 25.5. The van der Waals surface area contributed by atoms with Crippen molar-refractivity contribution in [3.63, 3.8) is 0 Å². The molecule has 276 valence electrons. The molecule has 6 rings (SSSR count). The Balaban J connectivity index is 0.000000197. The van der Waals surface area contributed by atoms with Crippen LogP contribution in [0, 0.1) is 11.6 Å². The molecule has 2 aliphatic heterocycles. The van der Waals surface area contributed by atoms with E-state index in [1.807, 2.05) is 60.7 Å². The molecule has 13 heteroatoms. The first-order valence-electron chi connectivity index (χ1n) is 16.5. The number of ether oxygens (including phenoxy) is 2. The summed E-state index contributed by atoms with van der Waals surface area (Å²) in [6.07, 6.45) is -0.736. The second-order valence-electron chi connectivity index (χ2n) is 12.0. The van der Waals surface area contributed by atoms with Crippen LogP contribution in [-0.4, -0.2) is 64.5 Å². The maximum atomic E-state index is 13.0. The maximum Gasteiger partial charge on any atom is 0.429 e. The highest BCUT2D eigenvalue weighted by molar-refractivity contribution is 6.63. The molecule has 1 N–H and O–H groups in total. The minimum Gasteiger partial charge on any atom is -0.444 e. The lowest BCUT2D eigenvalue weighted by Gasteiger charge is -2.26. The normalized spacial score (nSPS) is 13.4. The summed E-state index contributed by atoms with van der Waals surface area (Å²) in [4.78, 5) is 46.9. The number of hydrogen-bond donors (Lipinski definition) is 1. The zero-order valence-corrected chi connectivity index (χ0v) is 29.6. The van der Waals surface area contributed by atoms with E-state index in [-0.39, 0.29) is 56.2 Å². The average Bonchev–Trinajstić information content (AvgIpc) is 3.78. The molecule has 0 aromatic heterocycles. The molecule has 10 nitrogen and oxygen atoms in total. The van der Waals surface area contributed by atoms with Crippen LogP contribution in [0.4, 0.5) is 18.4 Å². The molecule has 0 radical (unpaired) electrons. The van der Waals surface area contributed by atoms with Crippen molar-refractivity contribution in [1.29, 1.82) is 0 Å². The van der Waals surface area contributed by atoms with Crippen LogP contribution >= 0.6 is 11.6 Å². The van der Waals surface area contributed by atoms with E-state index >= 15 is 0 Å². The van der Waals surface area contributed by atoms with Gasteiger partial charge < -0.3 is 9.47 Å². The summed E-state index contributed by atoms with van der Waals surface area (Å²) >= 11 is 5.12. The van der Waals surface area contributed by atoms with Crippen molar-refractivity contribution in [3.05, 3.63) is 167 Å². The van der Waals surface area contributed by atoms with Gasteiger partial charge in [-0.1, -0.05) is 98.1 Å². The molecule has 0 bridgehead atoms. The third-order valence-electron chi connectivity index (χ3n) is 7.59. The first kappa shape index (κ1) is 39.9. The van der Waals surface area contributed by atoms with Crippen LogP contribution in [0.15, 0.2) is 133 Å². The SMILES string of the molecule is C=C1CN(C(=O)Cc2ccc(F)cc2)N(C(=O)OCc2ccccc2)C1.C=C1CNN(C(=O)OCc2ccccc2)C1.O=C(Cl)Cc1ccc(F)cc1. The number of hydrazine groups is 2. The molecule has 2 heterocycles. The molecule has 0 saturated carbocycles. The van der Waals surface area contributed by atoms with Crippen LogP contribution in [0.3, 0.4) is 0 Å². The minimum atomic E-state index is -0.597. The van der Waals surface area contributed by atoms with E-state index in [0.717, 1.165) is 27.8 Å². The van der Waals surface area contributed by atoms with Crippen molar-refractivity contribution in [2.24, 2.45) is 0 Å². The Morgan fingerprint density at radius 1 is 0.604 bits per heavy atom. The standard InChI is InChI=1S/C20H19FN2O3.C12H14N2O2.C8H6ClFO/c1-15-12-22(19(24)11-16-7-9-18(21)10-8-16)23(13-15)20(25)26-14-17-5-3-2-4-6-17;1-10-7-13-14(8-10)12(15)16-9-11-5-3-2-4-6-11;9-8(11)5-6-1-3-7(10)4-2-6/h2-10H,1,11-14H2;2-6,13H,1,7-9H2;1-4H,5H2. The lowest BCUT2D eigenvalue weighted by Crippen LogP contribution is -2.45. The molecule has 0 unspecified atom stereocenters. The molecule has 4 aromatic carbocycles. The fourth-order valence-corrected chi connectivity index (χ4v) is 5.08. The van der Waals surface area contributed by atoms with Crippen molar-refractivity contribution in [3.8, 4) is 0 Å². The van der Waals surface area contributed by atoms with E-state index in [9.17, 15) is 28.0 Å². The van der Waals surface area contributed by atoms with E-state index in [4.69, 9.17) is 21.1 Å². The van der Waals surface area contributed by atoms with Crippen molar-refractivity contribution < 1.29 is 37.4 Å². The van der Waals surface area contributed by atoms with Gasteiger partial charge in [-0.25, -0.2) is 38.8 Å². The molecule has 2 saturated heterocycles. The molecule has 0 spiro atoms. The van der Waals surface area contributed by atoms with Gasteiger partial charge in [0.1, 0.15) is 24.8 Å². The number of nitrogens with zero attached hydrogens (tertiary/aromatic N) is 3. The lowest BCUT2D eigenvalue weighted by molar-refractivity contribution is -0.141. The Morgan fingerprint density at radius 2 is 1.08 bits per heavy atom. The van der Waals surface area contributed by atoms with Gasteiger partial charge in [0.2, 0.25) is 11.1 Å². The van der Waals surface area contributed by atoms with Crippen LogP contribution in [0.1, 0.15) is 22.3 Å². The number of benzene rings is 4. The summed E-state index contributed by atoms with van der Waals surface area (Å²) in [6, 6.07) is 30.3. The van der Waals surface area contributed by atoms with Crippen LogP contribution in [0.2, 0.25) is 0 Å². The average molecular weight is 745 g/mol. The van der Waals surface area contributed by atoms with Gasteiger partial charge in [-0.3, -0.25) is 9.59 Å². The summed E-state index contributed by atoms with van der Waals surface area (Å²) in [7, 11) is 0. The van der Waals surface area contributed by atoms with Crippen LogP contribution in [0.25, 0.3) is 0 Å². The number of carbonyl (C=O) groups is 4.